The normalized spacial score (nSPS) is 43.0. The van der Waals surface area contributed by atoms with Crippen molar-refractivity contribution < 1.29 is 0 Å². The van der Waals surface area contributed by atoms with Crippen LogP contribution in [0.25, 0.3) is 0 Å². The van der Waals surface area contributed by atoms with E-state index in [4.69, 9.17) is 0 Å². The Morgan fingerprint density at radius 2 is 2.17 bits per heavy atom. The molecule has 1 fully saturated rings. The van der Waals surface area contributed by atoms with Crippen LogP contribution in [0.15, 0.2) is 0 Å². The zero-order valence-corrected chi connectivity index (χ0v) is 5.09. The Morgan fingerprint density at radius 3 is 2.17 bits per heavy atom. The molecule has 0 amide bonds. The summed E-state index contributed by atoms with van der Waals surface area (Å²) in [4.78, 5) is 0. The summed E-state index contributed by atoms with van der Waals surface area (Å²) < 4.78 is 0. The lowest BCUT2D eigenvalue weighted by Gasteiger charge is -1.75. The van der Waals surface area contributed by atoms with E-state index in [2.05, 4.69) is 25.6 Å². The summed E-state index contributed by atoms with van der Waals surface area (Å²) in [5.74, 6) is 0. The molecule has 0 radical (unpaired) electrons. The van der Waals surface area contributed by atoms with Crippen LogP contribution in [0.3, 0.4) is 0 Å². The molecule has 0 aromatic carbocycles. The molecule has 0 saturated carbocycles. The van der Waals surface area contributed by atoms with E-state index in [1.54, 1.807) is 0 Å². The number of hydrogen-bond acceptors (Lipinski definition) is 1. The van der Waals surface area contributed by atoms with Gasteiger partial charge in [-0.05, 0) is 6.42 Å². The highest BCUT2D eigenvalue weighted by Gasteiger charge is 2.30. The van der Waals surface area contributed by atoms with Gasteiger partial charge in [0.05, 0.1) is 0 Å². The summed E-state index contributed by atoms with van der Waals surface area (Å²) in [5, 5.41) is 2.00. The Kier molecular flexibility index (Phi) is 1.09. The van der Waals surface area contributed by atoms with E-state index >= 15 is 0 Å². The van der Waals surface area contributed by atoms with E-state index in [1.807, 2.05) is 0 Å². The van der Waals surface area contributed by atoms with E-state index < -0.39 is 0 Å². The fraction of sp³-hybridized carbons (Fsp3) is 1.00. The highest BCUT2D eigenvalue weighted by Crippen LogP contribution is 2.42. The molecule has 0 aromatic rings. The molecular formula is C5H10S. The highest BCUT2D eigenvalue weighted by molar-refractivity contribution is 8.07. The second kappa shape index (κ2) is 1.45. The number of thioether (sulfide) groups is 1. The Labute approximate surface area is 43.3 Å². The first-order valence-electron chi connectivity index (χ1n) is 2.50. The van der Waals surface area contributed by atoms with Crippen molar-refractivity contribution in [3.8, 4) is 0 Å². The van der Waals surface area contributed by atoms with Crippen LogP contribution in [-0.2, 0) is 0 Å². The predicted octanol–water partition coefficient (Wildman–Crippen LogP) is 1.90. The van der Waals surface area contributed by atoms with E-state index in [-0.39, 0.29) is 0 Å². The second-order valence-corrected chi connectivity index (χ2v) is 3.41. The topological polar surface area (TPSA) is 0 Å². The van der Waals surface area contributed by atoms with Crippen molar-refractivity contribution in [3.63, 3.8) is 0 Å². The molecule has 0 aromatic heterocycles. The van der Waals surface area contributed by atoms with Crippen LogP contribution in [0.4, 0.5) is 0 Å². The summed E-state index contributed by atoms with van der Waals surface area (Å²) in [6, 6.07) is 0. The maximum atomic E-state index is 2.29. The molecule has 2 atom stereocenters. The molecule has 1 aliphatic heterocycles. The zero-order valence-electron chi connectivity index (χ0n) is 4.27. The monoisotopic (exact) mass is 102 g/mol. The molecule has 1 heteroatoms. The van der Waals surface area contributed by atoms with Gasteiger partial charge in [0, 0.05) is 10.5 Å². The quantitative estimate of drug-likeness (QED) is 0.456. The lowest BCUT2D eigenvalue weighted by Crippen LogP contribution is -1.81. The maximum absolute atomic E-state index is 2.29. The summed E-state index contributed by atoms with van der Waals surface area (Å²) in [7, 11) is 0. The SMILES string of the molecule is CCC1SC1C. The summed E-state index contributed by atoms with van der Waals surface area (Å²) >= 11 is 2.09. The van der Waals surface area contributed by atoms with E-state index in [0.29, 0.717) is 0 Å². The van der Waals surface area contributed by atoms with Crippen molar-refractivity contribution in [1.29, 1.82) is 0 Å². The van der Waals surface area contributed by atoms with Crippen molar-refractivity contribution in [2.24, 2.45) is 0 Å². The molecule has 1 saturated heterocycles. The minimum Gasteiger partial charge on any atom is -0.153 e. The second-order valence-electron chi connectivity index (χ2n) is 1.79. The number of rotatable bonds is 1. The van der Waals surface area contributed by atoms with Crippen molar-refractivity contribution in [1.82, 2.24) is 0 Å². The first-order valence-corrected chi connectivity index (χ1v) is 3.44. The third-order valence-corrected chi connectivity index (χ3v) is 2.77. The van der Waals surface area contributed by atoms with Gasteiger partial charge in [0.15, 0.2) is 0 Å². The Hall–Kier alpha value is 0.350. The standard InChI is InChI=1S/C5H10S/c1-3-5-4(2)6-5/h4-5H,3H2,1-2H3. The Balaban J connectivity index is 2.09. The molecule has 2 unspecified atom stereocenters. The minimum atomic E-state index is 0.981. The molecule has 1 aliphatic rings. The van der Waals surface area contributed by atoms with Crippen LogP contribution in [0.1, 0.15) is 20.3 Å². The van der Waals surface area contributed by atoms with Crippen molar-refractivity contribution >= 4 is 11.8 Å². The van der Waals surface area contributed by atoms with Crippen molar-refractivity contribution in [3.05, 3.63) is 0 Å². The molecule has 0 bridgehead atoms. The lowest BCUT2D eigenvalue weighted by atomic mass is 10.3. The molecule has 1 heterocycles. The first kappa shape index (κ1) is 4.51. The van der Waals surface area contributed by atoms with Gasteiger partial charge in [0.1, 0.15) is 0 Å². The minimum absolute atomic E-state index is 0.981. The van der Waals surface area contributed by atoms with Crippen LogP contribution in [-0.4, -0.2) is 10.5 Å². The third-order valence-electron chi connectivity index (χ3n) is 1.24. The fourth-order valence-corrected chi connectivity index (χ4v) is 1.50. The average Bonchev–Trinajstić information content (AvgIpc) is 2.19. The molecule has 36 valence electrons. The van der Waals surface area contributed by atoms with Crippen LogP contribution in [0.5, 0.6) is 0 Å². The van der Waals surface area contributed by atoms with Gasteiger partial charge >= 0.3 is 0 Å². The molecule has 1 rings (SSSR count). The average molecular weight is 102 g/mol. The maximum Gasteiger partial charge on any atom is 0.0164 e. The van der Waals surface area contributed by atoms with Gasteiger partial charge in [-0.3, -0.25) is 0 Å². The molecule has 0 N–H and O–H groups in total. The van der Waals surface area contributed by atoms with Crippen LogP contribution in [0.2, 0.25) is 0 Å². The fourth-order valence-electron chi connectivity index (χ4n) is 0.659. The van der Waals surface area contributed by atoms with Crippen molar-refractivity contribution in [2.75, 3.05) is 0 Å². The first-order chi connectivity index (χ1) is 2.84. The van der Waals surface area contributed by atoms with E-state index in [9.17, 15) is 0 Å². The summed E-state index contributed by atoms with van der Waals surface area (Å²) in [6.07, 6.45) is 1.37. The van der Waals surface area contributed by atoms with E-state index in [1.165, 1.54) is 6.42 Å². The predicted molar refractivity (Wildman–Crippen MR) is 31.1 cm³/mol. The molecule has 6 heavy (non-hydrogen) atoms. The summed E-state index contributed by atoms with van der Waals surface area (Å²) in [6.45, 7) is 4.54. The van der Waals surface area contributed by atoms with Gasteiger partial charge in [0.2, 0.25) is 0 Å². The van der Waals surface area contributed by atoms with Gasteiger partial charge in [-0.1, -0.05) is 13.8 Å². The van der Waals surface area contributed by atoms with Gasteiger partial charge < -0.3 is 0 Å². The lowest BCUT2D eigenvalue weighted by molar-refractivity contribution is 0.894. The number of hydrogen-bond donors (Lipinski definition) is 0. The molecular weight excluding hydrogens is 92.1 g/mol. The van der Waals surface area contributed by atoms with Gasteiger partial charge in [0.25, 0.3) is 0 Å². The highest BCUT2D eigenvalue weighted by atomic mass is 32.2. The summed E-state index contributed by atoms with van der Waals surface area (Å²) in [5.41, 5.74) is 0. The Bertz CT molecular complexity index is 49.9. The van der Waals surface area contributed by atoms with Gasteiger partial charge in [-0.2, -0.15) is 11.8 Å². The smallest absolute Gasteiger partial charge is 0.0164 e. The molecule has 0 spiro atoms. The molecule has 0 aliphatic carbocycles. The van der Waals surface area contributed by atoms with Crippen LogP contribution >= 0.6 is 11.8 Å². The third kappa shape index (κ3) is 0.700. The van der Waals surface area contributed by atoms with Crippen LogP contribution < -0.4 is 0 Å². The largest absolute Gasteiger partial charge is 0.153 e. The van der Waals surface area contributed by atoms with Crippen molar-refractivity contribution in [2.45, 2.75) is 30.8 Å². The van der Waals surface area contributed by atoms with Crippen LogP contribution in [0, 0.1) is 0 Å². The van der Waals surface area contributed by atoms with Gasteiger partial charge in [-0.15, -0.1) is 0 Å². The molecule has 0 nitrogen and oxygen atoms in total. The zero-order chi connectivity index (χ0) is 4.57. The Morgan fingerprint density at radius 1 is 1.67 bits per heavy atom. The van der Waals surface area contributed by atoms with Gasteiger partial charge in [-0.25, -0.2) is 0 Å². The van der Waals surface area contributed by atoms with E-state index in [0.717, 1.165) is 10.5 Å².